The van der Waals surface area contributed by atoms with Gasteiger partial charge in [-0.15, -0.1) is 0 Å². The zero-order valence-corrected chi connectivity index (χ0v) is 35.6. The number of ether oxygens (including phenoxy) is 3. The van der Waals surface area contributed by atoms with Crippen molar-refractivity contribution < 1.29 is 28.6 Å². The summed E-state index contributed by atoms with van der Waals surface area (Å²) in [5.74, 6) is -1.06. The van der Waals surface area contributed by atoms with Gasteiger partial charge in [0.25, 0.3) is 0 Å². The van der Waals surface area contributed by atoms with Gasteiger partial charge in [0.05, 0.1) is 0 Å². The third-order valence-corrected chi connectivity index (χ3v) is 8.63. The molecular weight excluding hydrogens is 697 g/mol. The molecule has 0 saturated carbocycles. The van der Waals surface area contributed by atoms with Gasteiger partial charge >= 0.3 is 17.9 Å². The van der Waals surface area contributed by atoms with E-state index in [4.69, 9.17) is 14.2 Å². The average Bonchev–Trinajstić information content (AvgIpc) is 3.19. The molecule has 1 unspecified atom stereocenters. The van der Waals surface area contributed by atoms with E-state index in [0.29, 0.717) is 19.3 Å². The zero-order chi connectivity index (χ0) is 40.8. The average molecular weight is 775 g/mol. The van der Waals surface area contributed by atoms with E-state index in [2.05, 4.69) is 81.5 Å². The third kappa shape index (κ3) is 41.2. The zero-order valence-electron chi connectivity index (χ0n) is 35.6. The Labute approximate surface area is 342 Å². The highest BCUT2D eigenvalue weighted by molar-refractivity contribution is 5.71. The van der Waals surface area contributed by atoms with Crippen molar-refractivity contribution in [1.29, 1.82) is 0 Å². The number of carbonyl (C=O) groups is 3. The van der Waals surface area contributed by atoms with Crippen LogP contribution in [0.4, 0.5) is 0 Å². The molecule has 0 heterocycles. The summed E-state index contributed by atoms with van der Waals surface area (Å²) in [7, 11) is 0. The molecule has 0 aromatic heterocycles. The molecule has 0 aliphatic rings. The van der Waals surface area contributed by atoms with E-state index in [9.17, 15) is 14.4 Å². The molecule has 0 aliphatic heterocycles. The minimum absolute atomic E-state index is 0.119. The fourth-order valence-corrected chi connectivity index (χ4v) is 5.38. The Balaban J connectivity index is 4.57. The molecule has 0 aromatic rings. The Kier molecular flexibility index (Phi) is 40.7. The van der Waals surface area contributed by atoms with E-state index in [1.165, 1.54) is 38.5 Å². The second-order valence-electron chi connectivity index (χ2n) is 13.9. The van der Waals surface area contributed by atoms with Gasteiger partial charge < -0.3 is 14.2 Å². The van der Waals surface area contributed by atoms with Crippen LogP contribution in [0, 0.1) is 0 Å². The van der Waals surface area contributed by atoms with Gasteiger partial charge in [0.1, 0.15) is 13.2 Å². The summed E-state index contributed by atoms with van der Waals surface area (Å²) in [5.41, 5.74) is 0. The predicted octanol–water partition coefficient (Wildman–Crippen LogP) is 14.0. The molecule has 0 amide bonds. The van der Waals surface area contributed by atoms with Crippen molar-refractivity contribution in [2.75, 3.05) is 13.2 Å². The first-order valence-corrected chi connectivity index (χ1v) is 21.9. The molecule has 56 heavy (non-hydrogen) atoms. The predicted molar refractivity (Wildman–Crippen MR) is 237 cm³/mol. The van der Waals surface area contributed by atoms with E-state index in [1.54, 1.807) is 0 Å². The van der Waals surface area contributed by atoms with Crippen LogP contribution in [-0.2, 0) is 28.6 Å². The summed E-state index contributed by atoms with van der Waals surface area (Å²) in [4.78, 5) is 37.6. The summed E-state index contributed by atoms with van der Waals surface area (Å²) in [5, 5.41) is 0. The highest BCUT2D eigenvalue weighted by Crippen LogP contribution is 2.12. The molecule has 314 valence electrons. The Morgan fingerprint density at radius 1 is 0.393 bits per heavy atom. The number of esters is 3. The van der Waals surface area contributed by atoms with Crippen LogP contribution < -0.4 is 0 Å². The maximum atomic E-state index is 12.7. The maximum Gasteiger partial charge on any atom is 0.306 e. The Bertz CT molecular complexity index is 1210. The summed E-state index contributed by atoms with van der Waals surface area (Å²) in [6.45, 7) is 6.22. The van der Waals surface area contributed by atoms with Crippen LogP contribution in [0.2, 0.25) is 0 Å². The Morgan fingerprint density at radius 3 is 1.38 bits per heavy atom. The van der Waals surface area contributed by atoms with Gasteiger partial charge in [-0.2, -0.15) is 0 Å². The van der Waals surface area contributed by atoms with Crippen LogP contribution >= 0.6 is 0 Å². The van der Waals surface area contributed by atoms with Crippen molar-refractivity contribution in [3.05, 3.63) is 109 Å². The summed E-state index contributed by atoms with van der Waals surface area (Å²) in [6.07, 6.45) is 58.0. The molecule has 0 saturated heterocycles. The monoisotopic (exact) mass is 775 g/mol. The summed E-state index contributed by atoms with van der Waals surface area (Å²) >= 11 is 0. The molecule has 0 rings (SSSR count). The second kappa shape index (κ2) is 43.8. The lowest BCUT2D eigenvalue weighted by atomic mass is 10.1. The van der Waals surface area contributed by atoms with E-state index in [1.807, 2.05) is 48.6 Å². The van der Waals surface area contributed by atoms with E-state index < -0.39 is 6.10 Å². The van der Waals surface area contributed by atoms with Crippen LogP contribution in [0.15, 0.2) is 109 Å². The molecular formula is C50H78O6. The summed E-state index contributed by atoms with van der Waals surface area (Å²) in [6, 6.07) is 0. The molecule has 0 N–H and O–H groups in total. The number of allylic oxidation sites excluding steroid dienone is 18. The number of hydrogen-bond donors (Lipinski definition) is 0. The van der Waals surface area contributed by atoms with Crippen molar-refractivity contribution in [3.8, 4) is 0 Å². The van der Waals surface area contributed by atoms with Gasteiger partial charge in [-0.25, -0.2) is 0 Å². The molecule has 0 aliphatic carbocycles. The van der Waals surface area contributed by atoms with Gasteiger partial charge in [0.2, 0.25) is 0 Å². The van der Waals surface area contributed by atoms with Crippen molar-refractivity contribution in [2.24, 2.45) is 0 Å². The molecule has 0 aromatic carbocycles. The standard InChI is InChI=1S/C50H78O6/c1-4-7-10-13-16-19-21-23-24-25-27-28-31-34-37-40-43-49(52)55-46-47(45-54-48(51)42-39-36-33-30-18-15-12-9-6-3)56-50(53)44-41-38-35-32-29-26-22-20-17-14-11-8-5-2/h7-8,10-11,14,16-17,19-20,22-24,26-29,34,37,47H,4-6,9,12-13,15,18,21,25,30-33,35-36,38-46H2,1-3H3/b10-7-,11-8-,17-14-,19-16-,22-20-,24-23-,28-27-,29-26-,37-34-. The molecule has 0 spiro atoms. The van der Waals surface area contributed by atoms with E-state index >= 15 is 0 Å². The van der Waals surface area contributed by atoms with E-state index in [0.717, 1.165) is 77.0 Å². The third-order valence-electron chi connectivity index (χ3n) is 8.63. The lowest BCUT2D eigenvalue weighted by Crippen LogP contribution is -2.30. The van der Waals surface area contributed by atoms with Crippen LogP contribution in [0.25, 0.3) is 0 Å². The number of rotatable bonds is 37. The lowest BCUT2D eigenvalue weighted by molar-refractivity contribution is -0.166. The Morgan fingerprint density at radius 2 is 0.821 bits per heavy atom. The minimum Gasteiger partial charge on any atom is -0.462 e. The van der Waals surface area contributed by atoms with Crippen LogP contribution in [0.5, 0.6) is 0 Å². The lowest BCUT2D eigenvalue weighted by Gasteiger charge is -2.18. The molecule has 6 nitrogen and oxygen atoms in total. The van der Waals surface area contributed by atoms with Crippen LogP contribution in [0.1, 0.15) is 168 Å². The first-order chi connectivity index (χ1) is 27.5. The second-order valence-corrected chi connectivity index (χ2v) is 13.9. The normalized spacial score (nSPS) is 13.1. The van der Waals surface area contributed by atoms with Crippen LogP contribution in [0.3, 0.4) is 0 Å². The highest BCUT2D eigenvalue weighted by atomic mass is 16.6. The van der Waals surface area contributed by atoms with Gasteiger partial charge in [-0.1, -0.05) is 188 Å². The fraction of sp³-hybridized carbons (Fsp3) is 0.580. The van der Waals surface area contributed by atoms with Crippen LogP contribution in [-0.4, -0.2) is 37.2 Å². The maximum absolute atomic E-state index is 12.7. The van der Waals surface area contributed by atoms with Gasteiger partial charge in [0.15, 0.2) is 6.10 Å². The number of hydrogen-bond acceptors (Lipinski definition) is 6. The van der Waals surface area contributed by atoms with Crippen molar-refractivity contribution in [1.82, 2.24) is 0 Å². The van der Waals surface area contributed by atoms with Crippen molar-refractivity contribution >= 4 is 17.9 Å². The quantitative estimate of drug-likeness (QED) is 0.0206. The van der Waals surface area contributed by atoms with Gasteiger partial charge in [-0.05, 0) is 70.6 Å². The first-order valence-electron chi connectivity index (χ1n) is 21.9. The van der Waals surface area contributed by atoms with E-state index in [-0.39, 0.29) is 44.0 Å². The highest BCUT2D eigenvalue weighted by Gasteiger charge is 2.19. The van der Waals surface area contributed by atoms with Gasteiger partial charge in [0, 0.05) is 19.3 Å². The first kappa shape index (κ1) is 52.1. The molecule has 0 radical (unpaired) electrons. The van der Waals surface area contributed by atoms with Gasteiger partial charge in [-0.3, -0.25) is 14.4 Å². The SMILES string of the molecule is CC\C=C/C=C\C=C/C=C\CCCCCC(=O)OC(COC(=O)CC/C=C\C/C=C\C/C=C\C/C=C\C/C=C\CC)COC(=O)CCCCCCCCCCC. The number of carbonyl (C=O) groups excluding carboxylic acids is 3. The fourth-order valence-electron chi connectivity index (χ4n) is 5.38. The molecule has 0 bridgehead atoms. The Hall–Kier alpha value is -3.93. The van der Waals surface area contributed by atoms with Crippen molar-refractivity contribution in [3.63, 3.8) is 0 Å². The molecule has 0 fully saturated rings. The smallest absolute Gasteiger partial charge is 0.306 e. The summed E-state index contributed by atoms with van der Waals surface area (Å²) < 4.78 is 16.6. The topological polar surface area (TPSA) is 78.9 Å². The number of unbranched alkanes of at least 4 members (excludes halogenated alkanes) is 11. The van der Waals surface area contributed by atoms with Crippen molar-refractivity contribution in [2.45, 2.75) is 175 Å². The molecule has 1 atom stereocenters. The minimum atomic E-state index is -0.826. The molecule has 6 heteroatoms. The largest absolute Gasteiger partial charge is 0.462 e.